The van der Waals surface area contributed by atoms with Crippen molar-refractivity contribution in [2.45, 2.75) is 31.2 Å². The van der Waals surface area contributed by atoms with E-state index in [1.165, 1.54) is 3.97 Å². The maximum absolute atomic E-state index is 13.0. The third-order valence-corrected chi connectivity index (χ3v) is 6.71. The zero-order chi connectivity index (χ0) is 18.9. The molecule has 6 nitrogen and oxygen atoms in total. The van der Waals surface area contributed by atoms with E-state index in [1.54, 1.807) is 30.6 Å². The van der Waals surface area contributed by atoms with Crippen LogP contribution in [0.15, 0.2) is 59.9 Å². The van der Waals surface area contributed by atoms with Gasteiger partial charge in [0.25, 0.3) is 10.0 Å². The van der Waals surface area contributed by atoms with Crippen LogP contribution < -0.4 is 0 Å². The number of aromatic nitrogens is 3. The Hall–Kier alpha value is -2.38. The first kappa shape index (κ1) is 18.0. The number of rotatable bonds is 5. The van der Waals surface area contributed by atoms with Crippen molar-refractivity contribution in [3.05, 3.63) is 60.6 Å². The van der Waals surface area contributed by atoms with Crippen LogP contribution in [0.4, 0.5) is 0 Å². The van der Waals surface area contributed by atoms with Crippen molar-refractivity contribution in [2.24, 2.45) is 5.92 Å². The predicted octanol–water partition coefficient (Wildman–Crippen LogP) is 3.32. The lowest BCUT2D eigenvalue weighted by atomic mass is 10.0. The van der Waals surface area contributed by atoms with Crippen LogP contribution in [0.2, 0.25) is 0 Å². The zero-order valence-corrected chi connectivity index (χ0v) is 16.1. The number of nitrogens with zero attached hydrogens (tertiary/aromatic N) is 3. The van der Waals surface area contributed by atoms with Gasteiger partial charge >= 0.3 is 0 Å². The highest BCUT2D eigenvalue weighted by molar-refractivity contribution is 7.90. The molecule has 0 atom stereocenters. The van der Waals surface area contributed by atoms with E-state index >= 15 is 0 Å². The quantitative estimate of drug-likeness (QED) is 0.676. The van der Waals surface area contributed by atoms with Crippen LogP contribution in [0, 0.1) is 12.8 Å². The van der Waals surface area contributed by atoms with Gasteiger partial charge in [0.1, 0.15) is 0 Å². The molecule has 2 aromatic heterocycles. The van der Waals surface area contributed by atoms with Crippen LogP contribution in [0.1, 0.15) is 18.4 Å². The predicted molar refractivity (Wildman–Crippen MR) is 103 cm³/mol. The Kier molecular flexibility index (Phi) is 4.88. The van der Waals surface area contributed by atoms with Gasteiger partial charge in [-0.15, -0.1) is 0 Å². The molecule has 0 bridgehead atoms. The van der Waals surface area contributed by atoms with E-state index in [9.17, 15) is 8.42 Å². The fraction of sp³-hybridized carbons (Fsp3) is 0.350. The molecule has 1 aliphatic rings. The van der Waals surface area contributed by atoms with E-state index in [2.05, 4.69) is 5.10 Å². The molecule has 0 N–H and O–H groups in total. The Morgan fingerprint density at radius 2 is 1.89 bits per heavy atom. The molecule has 0 unspecified atom stereocenters. The second-order valence-electron chi connectivity index (χ2n) is 7.01. The van der Waals surface area contributed by atoms with Crippen molar-refractivity contribution in [2.75, 3.05) is 13.2 Å². The van der Waals surface area contributed by atoms with E-state index in [0.717, 1.165) is 43.7 Å². The van der Waals surface area contributed by atoms with E-state index in [-0.39, 0.29) is 4.90 Å². The van der Waals surface area contributed by atoms with Crippen LogP contribution in [0.25, 0.3) is 11.3 Å². The van der Waals surface area contributed by atoms with Crippen LogP contribution in [0.3, 0.4) is 0 Å². The molecule has 4 rings (SSSR count). The second-order valence-corrected chi connectivity index (χ2v) is 8.83. The molecule has 0 aliphatic carbocycles. The molecule has 0 saturated carbocycles. The minimum Gasteiger partial charge on any atom is -0.381 e. The summed E-state index contributed by atoms with van der Waals surface area (Å²) < 4.78 is 34.7. The highest BCUT2D eigenvalue weighted by Gasteiger charge is 2.21. The lowest BCUT2D eigenvalue weighted by molar-refractivity contribution is 0.0601. The summed E-state index contributed by atoms with van der Waals surface area (Å²) in [5, 5.41) is 4.44. The molecular weight excluding hydrogens is 362 g/mol. The fourth-order valence-corrected chi connectivity index (χ4v) is 4.78. The molecule has 3 heterocycles. The van der Waals surface area contributed by atoms with Crippen molar-refractivity contribution in [3.63, 3.8) is 0 Å². The molecule has 1 aliphatic heterocycles. The van der Waals surface area contributed by atoms with Gasteiger partial charge in [-0.1, -0.05) is 17.7 Å². The van der Waals surface area contributed by atoms with Gasteiger partial charge in [-0.2, -0.15) is 5.10 Å². The van der Waals surface area contributed by atoms with Gasteiger partial charge in [0.2, 0.25) is 0 Å². The van der Waals surface area contributed by atoms with Crippen LogP contribution in [0.5, 0.6) is 0 Å². The summed E-state index contributed by atoms with van der Waals surface area (Å²) in [4.78, 5) is 0.278. The Labute approximate surface area is 159 Å². The van der Waals surface area contributed by atoms with Gasteiger partial charge in [-0.05, 0) is 49.9 Å². The lowest BCUT2D eigenvalue weighted by Crippen LogP contribution is -2.20. The first-order valence-electron chi connectivity index (χ1n) is 9.14. The van der Waals surface area contributed by atoms with Crippen molar-refractivity contribution >= 4 is 10.0 Å². The maximum Gasteiger partial charge on any atom is 0.268 e. The normalized spacial score (nSPS) is 15.9. The first-order chi connectivity index (χ1) is 13.0. The molecular formula is C20H23N3O3S. The third-order valence-electron chi connectivity index (χ3n) is 5.01. The summed E-state index contributed by atoms with van der Waals surface area (Å²) in [7, 11) is -3.65. The monoisotopic (exact) mass is 385 g/mol. The standard InChI is InChI=1S/C20H23N3O3S/c1-16-4-6-19(7-5-16)27(24,25)23-10-2-3-20(23)18-13-21-22(15-18)14-17-8-11-26-12-9-17/h2-7,10,13,15,17H,8-9,11-12,14H2,1H3. The Balaban J connectivity index is 1.61. The Morgan fingerprint density at radius 1 is 1.15 bits per heavy atom. The van der Waals surface area contributed by atoms with Crippen molar-refractivity contribution < 1.29 is 13.2 Å². The molecule has 142 valence electrons. The highest BCUT2D eigenvalue weighted by atomic mass is 32.2. The topological polar surface area (TPSA) is 66.1 Å². The van der Waals surface area contributed by atoms with Crippen molar-refractivity contribution in [1.29, 1.82) is 0 Å². The van der Waals surface area contributed by atoms with Gasteiger partial charge in [0, 0.05) is 37.7 Å². The molecule has 1 fully saturated rings. The van der Waals surface area contributed by atoms with Gasteiger partial charge < -0.3 is 4.74 Å². The van der Waals surface area contributed by atoms with Gasteiger partial charge in [0.15, 0.2) is 0 Å². The lowest BCUT2D eigenvalue weighted by Gasteiger charge is -2.21. The highest BCUT2D eigenvalue weighted by Crippen LogP contribution is 2.26. The number of benzene rings is 1. The minimum absolute atomic E-state index is 0.278. The van der Waals surface area contributed by atoms with Crippen LogP contribution >= 0.6 is 0 Å². The summed E-state index contributed by atoms with van der Waals surface area (Å²) in [5.74, 6) is 0.551. The minimum atomic E-state index is -3.65. The number of hydrogen-bond donors (Lipinski definition) is 0. The molecule has 0 radical (unpaired) electrons. The molecule has 3 aromatic rings. The molecule has 0 spiro atoms. The average Bonchev–Trinajstić information content (AvgIpc) is 3.32. The van der Waals surface area contributed by atoms with E-state index in [1.807, 2.05) is 36.0 Å². The maximum atomic E-state index is 13.0. The summed E-state index contributed by atoms with van der Waals surface area (Å²) in [5.41, 5.74) is 2.44. The number of ether oxygens (including phenoxy) is 1. The first-order valence-corrected chi connectivity index (χ1v) is 10.6. The van der Waals surface area contributed by atoms with Gasteiger partial charge in [-0.3, -0.25) is 4.68 Å². The van der Waals surface area contributed by atoms with Crippen molar-refractivity contribution in [1.82, 2.24) is 13.8 Å². The zero-order valence-electron chi connectivity index (χ0n) is 15.3. The summed E-state index contributed by atoms with van der Waals surface area (Å²) >= 11 is 0. The molecule has 27 heavy (non-hydrogen) atoms. The van der Waals surface area contributed by atoms with Crippen molar-refractivity contribution in [3.8, 4) is 11.3 Å². The average molecular weight is 385 g/mol. The fourth-order valence-electron chi connectivity index (χ4n) is 3.41. The molecule has 7 heteroatoms. The van der Waals surface area contributed by atoms with Gasteiger partial charge in [-0.25, -0.2) is 12.4 Å². The van der Waals surface area contributed by atoms with E-state index in [4.69, 9.17) is 4.74 Å². The number of hydrogen-bond acceptors (Lipinski definition) is 4. The molecule has 1 aromatic carbocycles. The Bertz CT molecular complexity index is 1010. The molecule has 1 saturated heterocycles. The molecule has 0 amide bonds. The number of aryl methyl sites for hydroxylation is 1. The van der Waals surface area contributed by atoms with Crippen LogP contribution in [-0.2, 0) is 21.3 Å². The van der Waals surface area contributed by atoms with E-state index < -0.39 is 10.0 Å². The summed E-state index contributed by atoms with van der Waals surface area (Å²) in [6.45, 7) is 4.37. The largest absolute Gasteiger partial charge is 0.381 e. The van der Waals surface area contributed by atoms with E-state index in [0.29, 0.717) is 11.6 Å². The SMILES string of the molecule is Cc1ccc(S(=O)(=O)n2cccc2-c2cnn(CC3CCOCC3)c2)cc1. The Morgan fingerprint density at radius 3 is 2.63 bits per heavy atom. The second kappa shape index (κ2) is 7.32. The summed E-state index contributed by atoms with van der Waals surface area (Å²) in [6.07, 6.45) is 7.31. The smallest absolute Gasteiger partial charge is 0.268 e. The van der Waals surface area contributed by atoms with Crippen LogP contribution in [-0.4, -0.2) is 35.4 Å². The summed E-state index contributed by atoms with van der Waals surface area (Å²) in [6, 6.07) is 10.5. The third kappa shape index (κ3) is 3.70. The van der Waals surface area contributed by atoms with Gasteiger partial charge in [0.05, 0.1) is 16.8 Å².